The highest BCUT2D eigenvalue weighted by Gasteiger charge is 2.20. The molecule has 1 aromatic heterocycles. The monoisotopic (exact) mass is 240 g/mol. The predicted octanol–water partition coefficient (Wildman–Crippen LogP) is 1.63. The van der Waals surface area contributed by atoms with Gasteiger partial charge in [-0.3, -0.25) is 0 Å². The maximum atomic E-state index is 5.95. The topological polar surface area (TPSA) is 41.0 Å². The molecule has 1 fully saturated rings. The molecule has 2 heterocycles. The molecule has 0 amide bonds. The van der Waals surface area contributed by atoms with Crippen molar-refractivity contribution >= 4 is 17.5 Å². The highest BCUT2D eigenvalue weighted by Crippen LogP contribution is 2.18. The third-order valence-corrected chi connectivity index (χ3v) is 3.12. The van der Waals surface area contributed by atoms with E-state index in [1.54, 1.807) is 6.07 Å². The molecule has 4 nitrogen and oxygen atoms in total. The Labute approximate surface area is 101 Å². The van der Waals surface area contributed by atoms with Gasteiger partial charge in [-0.25, -0.2) is 9.97 Å². The molecule has 5 heteroatoms. The first-order valence-corrected chi connectivity index (χ1v) is 6.00. The Kier molecular flexibility index (Phi) is 3.61. The van der Waals surface area contributed by atoms with Crippen LogP contribution in [-0.4, -0.2) is 36.1 Å². The van der Waals surface area contributed by atoms with Crippen LogP contribution in [0.3, 0.4) is 0 Å². The van der Waals surface area contributed by atoms with Crippen molar-refractivity contribution in [3.63, 3.8) is 0 Å². The quantitative estimate of drug-likeness (QED) is 0.798. The van der Waals surface area contributed by atoms with Crippen molar-refractivity contribution in [3.05, 3.63) is 16.9 Å². The van der Waals surface area contributed by atoms with E-state index in [-0.39, 0.29) is 0 Å². The summed E-state index contributed by atoms with van der Waals surface area (Å²) in [5.41, 5.74) is 0.918. The molecule has 16 heavy (non-hydrogen) atoms. The van der Waals surface area contributed by atoms with E-state index >= 15 is 0 Å². The summed E-state index contributed by atoms with van der Waals surface area (Å²) in [6.45, 7) is 3.91. The van der Waals surface area contributed by atoms with Crippen LogP contribution in [0.2, 0.25) is 5.15 Å². The average molecular weight is 241 g/mol. The summed E-state index contributed by atoms with van der Waals surface area (Å²) >= 11 is 5.95. The number of aryl methyl sites for hydroxylation is 1. The van der Waals surface area contributed by atoms with E-state index in [0.29, 0.717) is 11.2 Å². The summed E-state index contributed by atoms with van der Waals surface area (Å²) in [5, 5.41) is 3.82. The van der Waals surface area contributed by atoms with Gasteiger partial charge in [0.2, 0.25) is 5.95 Å². The van der Waals surface area contributed by atoms with Gasteiger partial charge in [-0.2, -0.15) is 0 Å². The Bertz CT molecular complexity index is 349. The highest BCUT2D eigenvalue weighted by molar-refractivity contribution is 6.29. The average Bonchev–Trinajstić information content (AvgIpc) is 2.28. The molecule has 88 valence electrons. The summed E-state index contributed by atoms with van der Waals surface area (Å²) in [6, 6.07) is 2.31. The number of piperidine rings is 1. The molecule has 1 aliphatic heterocycles. The fourth-order valence-corrected chi connectivity index (χ4v) is 2.28. The van der Waals surface area contributed by atoms with Crippen molar-refractivity contribution in [2.45, 2.75) is 25.8 Å². The Balaban J connectivity index is 2.16. The van der Waals surface area contributed by atoms with Crippen molar-refractivity contribution in [2.75, 3.05) is 25.0 Å². The van der Waals surface area contributed by atoms with E-state index in [0.717, 1.165) is 24.7 Å². The summed E-state index contributed by atoms with van der Waals surface area (Å²) in [7, 11) is 2.00. The lowest BCUT2D eigenvalue weighted by Crippen LogP contribution is -2.45. The van der Waals surface area contributed by atoms with Crippen molar-refractivity contribution in [2.24, 2.45) is 0 Å². The van der Waals surface area contributed by atoms with Crippen LogP contribution in [0.5, 0.6) is 0 Å². The third kappa shape index (κ3) is 2.62. The number of nitrogens with one attached hydrogen (secondary N) is 1. The van der Waals surface area contributed by atoms with Gasteiger partial charge in [0.1, 0.15) is 5.15 Å². The Morgan fingerprint density at radius 3 is 3.00 bits per heavy atom. The number of likely N-dealkylation sites (N-methyl/N-ethyl adjacent to an activating group) is 1. The molecule has 1 saturated heterocycles. The Morgan fingerprint density at radius 1 is 1.50 bits per heavy atom. The molecule has 0 aliphatic carbocycles. The number of aromatic nitrogens is 2. The minimum Gasteiger partial charge on any atom is -0.339 e. The zero-order chi connectivity index (χ0) is 11.5. The van der Waals surface area contributed by atoms with Crippen molar-refractivity contribution < 1.29 is 0 Å². The maximum absolute atomic E-state index is 5.95. The SMILES string of the molecule is CNC1CCCN(c2nc(C)cc(Cl)n2)C1. The second kappa shape index (κ2) is 4.97. The van der Waals surface area contributed by atoms with Gasteiger partial charge in [-0.05, 0) is 32.9 Å². The number of nitrogens with zero attached hydrogens (tertiary/aromatic N) is 3. The van der Waals surface area contributed by atoms with E-state index < -0.39 is 0 Å². The predicted molar refractivity (Wildman–Crippen MR) is 66.1 cm³/mol. The van der Waals surface area contributed by atoms with Gasteiger partial charge in [0, 0.05) is 24.8 Å². The van der Waals surface area contributed by atoms with E-state index in [1.165, 1.54) is 12.8 Å². The van der Waals surface area contributed by atoms with Gasteiger partial charge in [0.05, 0.1) is 0 Å². The first-order valence-electron chi connectivity index (χ1n) is 5.62. The molecular weight excluding hydrogens is 224 g/mol. The van der Waals surface area contributed by atoms with E-state index in [9.17, 15) is 0 Å². The second-order valence-electron chi connectivity index (χ2n) is 4.21. The van der Waals surface area contributed by atoms with Crippen LogP contribution in [0.4, 0.5) is 5.95 Å². The summed E-state index contributed by atoms with van der Waals surface area (Å²) < 4.78 is 0. The number of hydrogen-bond donors (Lipinski definition) is 1. The first kappa shape index (κ1) is 11.6. The van der Waals surface area contributed by atoms with Crippen LogP contribution in [0.15, 0.2) is 6.07 Å². The summed E-state index contributed by atoms with van der Waals surface area (Å²) in [6.07, 6.45) is 2.38. The lowest BCUT2D eigenvalue weighted by atomic mass is 10.1. The zero-order valence-corrected chi connectivity index (χ0v) is 10.5. The molecule has 0 bridgehead atoms. The van der Waals surface area contributed by atoms with Gasteiger partial charge in [0.25, 0.3) is 0 Å². The van der Waals surface area contributed by atoms with Gasteiger partial charge >= 0.3 is 0 Å². The summed E-state index contributed by atoms with van der Waals surface area (Å²) in [4.78, 5) is 10.9. The lowest BCUT2D eigenvalue weighted by molar-refractivity contribution is 0.445. The van der Waals surface area contributed by atoms with Gasteiger partial charge < -0.3 is 10.2 Å². The van der Waals surface area contributed by atoms with Crippen LogP contribution in [-0.2, 0) is 0 Å². The molecule has 1 aromatic rings. The molecule has 1 N–H and O–H groups in total. The molecule has 0 spiro atoms. The molecular formula is C11H17ClN4. The summed E-state index contributed by atoms with van der Waals surface area (Å²) in [5.74, 6) is 0.755. The molecule has 0 aromatic carbocycles. The molecule has 1 unspecified atom stereocenters. The van der Waals surface area contributed by atoms with E-state index in [4.69, 9.17) is 11.6 Å². The van der Waals surface area contributed by atoms with Gasteiger partial charge in [-0.15, -0.1) is 0 Å². The smallest absolute Gasteiger partial charge is 0.227 e. The van der Waals surface area contributed by atoms with Crippen molar-refractivity contribution in [1.29, 1.82) is 0 Å². The molecule has 0 radical (unpaired) electrons. The van der Waals surface area contributed by atoms with Crippen LogP contribution in [0, 0.1) is 6.92 Å². The molecule has 1 atom stereocenters. The number of anilines is 1. The molecule has 2 rings (SSSR count). The Morgan fingerprint density at radius 2 is 2.31 bits per heavy atom. The van der Waals surface area contributed by atoms with E-state index in [2.05, 4.69) is 20.2 Å². The van der Waals surface area contributed by atoms with Crippen LogP contribution in [0.1, 0.15) is 18.5 Å². The Hall–Kier alpha value is -0.870. The number of halogens is 1. The van der Waals surface area contributed by atoms with Crippen LogP contribution >= 0.6 is 11.6 Å². The maximum Gasteiger partial charge on any atom is 0.227 e. The number of hydrogen-bond acceptors (Lipinski definition) is 4. The minimum atomic E-state index is 0.522. The fraction of sp³-hybridized carbons (Fsp3) is 0.636. The highest BCUT2D eigenvalue weighted by atomic mass is 35.5. The second-order valence-corrected chi connectivity index (χ2v) is 4.59. The standard InChI is InChI=1S/C11H17ClN4/c1-8-6-10(12)15-11(14-8)16-5-3-4-9(7-16)13-2/h6,9,13H,3-5,7H2,1-2H3. The van der Waals surface area contributed by atoms with Gasteiger partial charge in [0.15, 0.2) is 0 Å². The van der Waals surface area contributed by atoms with Crippen molar-refractivity contribution in [3.8, 4) is 0 Å². The third-order valence-electron chi connectivity index (χ3n) is 2.92. The van der Waals surface area contributed by atoms with Crippen LogP contribution in [0.25, 0.3) is 0 Å². The zero-order valence-electron chi connectivity index (χ0n) is 9.70. The van der Waals surface area contributed by atoms with E-state index in [1.807, 2.05) is 14.0 Å². The van der Waals surface area contributed by atoms with Crippen LogP contribution < -0.4 is 10.2 Å². The largest absolute Gasteiger partial charge is 0.339 e. The molecule has 0 saturated carbocycles. The first-order chi connectivity index (χ1) is 7.69. The fourth-order valence-electron chi connectivity index (χ4n) is 2.05. The minimum absolute atomic E-state index is 0.522. The van der Waals surface area contributed by atoms with Gasteiger partial charge in [-0.1, -0.05) is 11.6 Å². The van der Waals surface area contributed by atoms with Crippen molar-refractivity contribution in [1.82, 2.24) is 15.3 Å². The normalized spacial score (nSPS) is 21.2. The lowest BCUT2D eigenvalue weighted by Gasteiger charge is -2.32. The molecule has 1 aliphatic rings. The number of rotatable bonds is 2.